The van der Waals surface area contributed by atoms with Crippen molar-refractivity contribution in [2.24, 2.45) is 5.92 Å². The highest BCUT2D eigenvalue weighted by Gasteiger charge is 2.35. The van der Waals surface area contributed by atoms with E-state index in [0.29, 0.717) is 63.6 Å². The van der Waals surface area contributed by atoms with Gasteiger partial charge in [0.15, 0.2) is 0 Å². The number of aliphatic hydroxyl groups excluding tert-OH is 1. The van der Waals surface area contributed by atoms with Gasteiger partial charge in [-0.25, -0.2) is 4.79 Å². The normalized spacial score (nSPS) is 23.6. The molecule has 4 N–H and O–H groups in total. The molecule has 6 rings (SSSR count). The number of aromatic amines is 1. The molecule has 1 saturated carbocycles. The fourth-order valence-corrected chi connectivity index (χ4v) is 6.73. The third-order valence-electron chi connectivity index (χ3n) is 9.65. The molecule has 254 valence electrons. The number of carbonyl (C=O) groups is 1. The second-order valence-corrected chi connectivity index (χ2v) is 13.2. The van der Waals surface area contributed by atoms with Crippen LogP contribution in [0.4, 0.5) is 4.79 Å². The van der Waals surface area contributed by atoms with Gasteiger partial charge in [0, 0.05) is 74.3 Å². The number of piperidine rings is 1. The molecular weight excluding hydrogens is 602 g/mol. The highest BCUT2D eigenvalue weighted by atomic mass is 16.6. The predicted molar refractivity (Wildman–Crippen MR) is 178 cm³/mol. The molecular formula is C36H47N3O8. The Bertz CT molecular complexity index is 1620. The molecule has 2 fully saturated rings. The summed E-state index contributed by atoms with van der Waals surface area (Å²) in [6.45, 7) is 6.16. The molecule has 1 aliphatic carbocycles. The second kappa shape index (κ2) is 15.0. The third kappa shape index (κ3) is 8.39. The molecule has 4 aromatic rings. The molecule has 0 spiro atoms. The number of fused-ring (bicyclic) bond motifs is 2. The quantitative estimate of drug-likeness (QED) is 0.133. The second-order valence-electron chi connectivity index (χ2n) is 13.2. The van der Waals surface area contributed by atoms with Crippen LogP contribution in [0.3, 0.4) is 0 Å². The van der Waals surface area contributed by atoms with Crippen LogP contribution in [-0.4, -0.2) is 83.9 Å². The van der Waals surface area contributed by atoms with Crippen molar-refractivity contribution in [1.82, 2.24) is 15.2 Å². The molecule has 2 aromatic carbocycles. The number of amides is 1. The molecule has 0 radical (unpaired) electrons. The summed E-state index contributed by atoms with van der Waals surface area (Å²) < 4.78 is 28.5. The molecule has 2 aromatic heterocycles. The van der Waals surface area contributed by atoms with E-state index in [9.17, 15) is 15.0 Å². The molecule has 1 aliphatic heterocycles. The number of nitrogens with zero attached hydrogens (tertiary/aromatic N) is 1. The number of H-pyrrole nitrogens is 1. The van der Waals surface area contributed by atoms with Gasteiger partial charge in [0.25, 0.3) is 0 Å². The van der Waals surface area contributed by atoms with E-state index in [4.69, 9.17) is 23.4 Å². The highest BCUT2D eigenvalue weighted by molar-refractivity contribution is 5.88. The van der Waals surface area contributed by atoms with Crippen molar-refractivity contribution in [1.29, 1.82) is 0 Å². The summed E-state index contributed by atoms with van der Waals surface area (Å²) in [6.07, 6.45) is 5.89. The predicted octanol–water partition coefficient (Wildman–Crippen LogP) is 5.76. The fourth-order valence-electron chi connectivity index (χ4n) is 6.73. The van der Waals surface area contributed by atoms with Crippen LogP contribution < -0.4 is 19.5 Å². The Balaban J connectivity index is 0.982. The van der Waals surface area contributed by atoms with Gasteiger partial charge in [0.1, 0.15) is 23.7 Å². The fraction of sp³-hybridized carbons (Fsp3) is 0.528. The summed E-state index contributed by atoms with van der Waals surface area (Å²) in [4.78, 5) is 18.3. The maximum absolute atomic E-state index is 12.8. The van der Waals surface area contributed by atoms with Gasteiger partial charge in [-0.1, -0.05) is 13.0 Å². The summed E-state index contributed by atoms with van der Waals surface area (Å²) in [5, 5.41) is 25.9. The molecule has 11 nitrogen and oxygen atoms in total. The Labute approximate surface area is 275 Å². The number of furan rings is 1. The van der Waals surface area contributed by atoms with E-state index in [2.05, 4.69) is 22.1 Å². The lowest BCUT2D eigenvalue weighted by Gasteiger charge is -2.39. The van der Waals surface area contributed by atoms with Crippen LogP contribution in [0.25, 0.3) is 21.9 Å². The van der Waals surface area contributed by atoms with E-state index < -0.39 is 11.7 Å². The van der Waals surface area contributed by atoms with Gasteiger partial charge in [0.05, 0.1) is 30.1 Å². The van der Waals surface area contributed by atoms with E-state index in [0.717, 1.165) is 65.7 Å². The number of ether oxygens (including phenoxy) is 4. The van der Waals surface area contributed by atoms with E-state index in [-0.39, 0.29) is 18.1 Å². The molecule has 1 amide bonds. The largest absolute Gasteiger partial charge is 0.493 e. The summed E-state index contributed by atoms with van der Waals surface area (Å²) in [5.74, 6) is 1.99. The molecule has 2 aliphatic rings. The van der Waals surface area contributed by atoms with Crippen molar-refractivity contribution in [3.8, 4) is 17.4 Å². The summed E-state index contributed by atoms with van der Waals surface area (Å²) in [7, 11) is 1.67. The van der Waals surface area contributed by atoms with Crippen molar-refractivity contribution in [2.75, 3.05) is 40.0 Å². The van der Waals surface area contributed by atoms with Crippen LogP contribution in [0.2, 0.25) is 0 Å². The Morgan fingerprint density at radius 3 is 2.77 bits per heavy atom. The topological polar surface area (TPSA) is 139 Å². The van der Waals surface area contributed by atoms with E-state index in [1.807, 2.05) is 36.4 Å². The standard InChI is InChI=1S/C36H47N3O8/c1-24-21-39(15-11-31(24)40)16-14-36(42)12-9-26(10-13-36)37-35(41)47-34-20-29-30(38-34)5-3-6-32(29)45-22-25-23-46-33-19-27(7-8-28(25)33)44-18-4-17-43-2/h3,5-8,19-20,23-24,26,31,38,40,42H,4,9-18,21-22H2,1-2H3,(H,37,41)/t24-,26?,31-,36?/m0/s1. The lowest BCUT2D eigenvalue weighted by atomic mass is 9.80. The van der Waals surface area contributed by atoms with Gasteiger partial charge >= 0.3 is 6.09 Å². The van der Waals surface area contributed by atoms with Gasteiger partial charge in [-0.2, -0.15) is 0 Å². The minimum absolute atomic E-state index is 0.0562. The van der Waals surface area contributed by atoms with Crippen molar-refractivity contribution in [3.63, 3.8) is 0 Å². The average Bonchev–Trinajstić information content (AvgIpc) is 3.67. The lowest BCUT2D eigenvalue weighted by Crippen LogP contribution is -2.47. The number of hydrogen-bond acceptors (Lipinski definition) is 9. The van der Waals surface area contributed by atoms with E-state index >= 15 is 0 Å². The van der Waals surface area contributed by atoms with Crippen LogP contribution in [0.15, 0.2) is 53.1 Å². The van der Waals surface area contributed by atoms with Gasteiger partial charge in [-0.15, -0.1) is 0 Å². The van der Waals surface area contributed by atoms with Gasteiger partial charge in [-0.05, 0) is 68.7 Å². The zero-order valence-corrected chi connectivity index (χ0v) is 27.3. The van der Waals surface area contributed by atoms with Crippen molar-refractivity contribution >= 4 is 28.0 Å². The molecule has 47 heavy (non-hydrogen) atoms. The number of methoxy groups -OCH3 is 1. The summed E-state index contributed by atoms with van der Waals surface area (Å²) in [5.41, 5.74) is 1.71. The zero-order valence-electron chi connectivity index (χ0n) is 27.3. The van der Waals surface area contributed by atoms with Crippen molar-refractivity contribution < 1.29 is 38.4 Å². The number of carbonyl (C=O) groups excluding carboxylic acids is 1. The number of hydrogen-bond donors (Lipinski definition) is 4. The Morgan fingerprint density at radius 2 is 1.96 bits per heavy atom. The Morgan fingerprint density at radius 1 is 1.11 bits per heavy atom. The number of likely N-dealkylation sites (tertiary alicyclic amines) is 1. The number of benzene rings is 2. The first-order chi connectivity index (χ1) is 22.8. The SMILES string of the molecule is COCCCOc1ccc2c(COc3cccc4[nH]c(OC(=O)NC5CCC(O)(CCN6CC[C@H](O)[C@@H](C)C6)CC5)cc34)coc2c1. The summed E-state index contributed by atoms with van der Waals surface area (Å²) >= 11 is 0. The van der Waals surface area contributed by atoms with Gasteiger partial charge < -0.3 is 48.8 Å². The lowest BCUT2D eigenvalue weighted by molar-refractivity contribution is -0.0271. The third-order valence-corrected chi connectivity index (χ3v) is 9.65. The maximum Gasteiger partial charge on any atom is 0.414 e. The Kier molecular flexibility index (Phi) is 10.6. The molecule has 3 heterocycles. The monoisotopic (exact) mass is 649 g/mol. The smallest absolute Gasteiger partial charge is 0.414 e. The van der Waals surface area contributed by atoms with Crippen LogP contribution in [-0.2, 0) is 11.3 Å². The first kappa shape index (κ1) is 33.1. The molecule has 2 atom stereocenters. The number of aromatic nitrogens is 1. The van der Waals surface area contributed by atoms with Crippen molar-refractivity contribution in [2.45, 2.75) is 76.2 Å². The number of nitrogens with one attached hydrogen (secondary N) is 2. The molecule has 0 bridgehead atoms. The molecule has 1 saturated heterocycles. The average molecular weight is 650 g/mol. The van der Waals surface area contributed by atoms with Gasteiger partial charge in [0.2, 0.25) is 5.88 Å². The minimum atomic E-state index is -0.723. The maximum atomic E-state index is 12.8. The molecule has 0 unspecified atom stereocenters. The minimum Gasteiger partial charge on any atom is -0.493 e. The van der Waals surface area contributed by atoms with Crippen LogP contribution in [0.5, 0.6) is 17.4 Å². The highest BCUT2D eigenvalue weighted by Crippen LogP contribution is 2.34. The van der Waals surface area contributed by atoms with Crippen LogP contribution in [0.1, 0.15) is 57.4 Å². The number of rotatable bonds is 13. The molecule has 11 heteroatoms. The first-order valence-corrected chi connectivity index (χ1v) is 16.8. The zero-order chi connectivity index (χ0) is 32.8. The van der Waals surface area contributed by atoms with Gasteiger partial charge in [-0.3, -0.25) is 0 Å². The summed E-state index contributed by atoms with van der Waals surface area (Å²) in [6, 6.07) is 13.2. The van der Waals surface area contributed by atoms with E-state index in [1.54, 1.807) is 19.4 Å². The van der Waals surface area contributed by atoms with Crippen LogP contribution >= 0.6 is 0 Å². The Hall–Kier alpha value is -3.77. The van der Waals surface area contributed by atoms with E-state index in [1.165, 1.54) is 0 Å². The number of aliphatic hydroxyl groups is 2. The van der Waals surface area contributed by atoms with Crippen molar-refractivity contribution in [3.05, 3.63) is 54.3 Å². The first-order valence-electron chi connectivity index (χ1n) is 16.8. The van der Waals surface area contributed by atoms with Crippen LogP contribution in [0, 0.1) is 5.92 Å².